The molecule has 28 heavy (non-hydrogen) atoms. The van der Waals surface area contributed by atoms with Crippen LogP contribution in [0.25, 0.3) is 0 Å². The smallest absolute Gasteiger partial charge is 0.356 e. The van der Waals surface area contributed by atoms with Gasteiger partial charge in [-0.2, -0.15) is 13.2 Å². The molecule has 1 atom stereocenters. The molecule has 2 rings (SSSR count). The highest BCUT2D eigenvalue weighted by Gasteiger charge is 2.33. The summed E-state index contributed by atoms with van der Waals surface area (Å²) in [5.74, 6) is 0.854. The molecule has 158 valence electrons. The molecule has 1 aliphatic rings. The van der Waals surface area contributed by atoms with Gasteiger partial charge in [-0.1, -0.05) is 44.7 Å². The Bertz CT molecular complexity index is 646. The van der Waals surface area contributed by atoms with Gasteiger partial charge in [0.1, 0.15) is 5.82 Å². The zero-order valence-corrected chi connectivity index (χ0v) is 17.2. The molecule has 8 heteroatoms. The van der Waals surface area contributed by atoms with Crippen molar-refractivity contribution in [2.24, 2.45) is 11.8 Å². The van der Waals surface area contributed by atoms with Crippen molar-refractivity contribution in [3.63, 3.8) is 0 Å². The molecule has 1 fully saturated rings. The van der Waals surface area contributed by atoms with Gasteiger partial charge in [0, 0.05) is 31.7 Å². The van der Waals surface area contributed by atoms with E-state index in [0.29, 0.717) is 44.2 Å². The fraction of sp³-hybridized carbons (Fsp3) is 0.700. The van der Waals surface area contributed by atoms with E-state index in [1.807, 2.05) is 4.90 Å². The third-order valence-electron chi connectivity index (χ3n) is 5.42. The van der Waals surface area contributed by atoms with Gasteiger partial charge in [-0.05, 0) is 31.2 Å². The summed E-state index contributed by atoms with van der Waals surface area (Å²) in [6.07, 6.45) is 2.12. The van der Waals surface area contributed by atoms with Gasteiger partial charge in [0.05, 0.1) is 10.6 Å². The molecule has 0 aromatic carbocycles. The van der Waals surface area contributed by atoms with Gasteiger partial charge in [0.15, 0.2) is 0 Å². The standard InChI is InChI=1S/C20H29ClF3N3O/c1-3-5-6-14(4-2)12-26-19(28)15-7-9-27(10-8-15)18-17(21)11-16(13-25-18)20(22,23)24/h11,13-15H,3-10,12H2,1-2H3,(H,26,28). The van der Waals surface area contributed by atoms with Gasteiger partial charge in [-0.3, -0.25) is 4.79 Å². The van der Waals surface area contributed by atoms with Crippen LogP contribution in [0.4, 0.5) is 19.0 Å². The average molecular weight is 420 g/mol. The Balaban J connectivity index is 1.86. The van der Waals surface area contributed by atoms with Crippen LogP contribution in [0.2, 0.25) is 5.02 Å². The third-order valence-corrected chi connectivity index (χ3v) is 5.70. The van der Waals surface area contributed by atoms with Crippen LogP contribution in [0.15, 0.2) is 12.3 Å². The summed E-state index contributed by atoms with van der Waals surface area (Å²) in [6, 6.07) is 0.907. The molecular formula is C20H29ClF3N3O. The van der Waals surface area contributed by atoms with Crippen LogP contribution in [0, 0.1) is 11.8 Å². The normalized spacial score (nSPS) is 16.9. The molecule has 0 aliphatic carbocycles. The number of carbonyl (C=O) groups is 1. The molecule has 0 radical (unpaired) electrons. The van der Waals surface area contributed by atoms with Gasteiger partial charge in [-0.15, -0.1) is 0 Å². The van der Waals surface area contributed by atoms with Crippen LogP contribution in [0.3, 0.4) is 0 Å². The Morgan fingerprint density at radius 1 is 1.36 bits per heavy atom. The first-order chi connectivity index (χ1) is 13.3. The number of aromatic nitrogens is 1. The first-order valence-electron chi connectivity index (χ1n) is 10.0. The van der Waals surface area contributed by atoms with Crippen molar-refractivity contribution in [3.8, 4) is 0 Å². The number of piperidine rings is 1. The number of hydrogen-bond donors (Lipinski definition) is 1. The summed E-state index contributed by atoms with van der Waals surface area (Å²) < 4.78 is 38.2. The number of halogens is 4. The quantitative estimate of drug-likeness (QED) is 0.621. The second-order valence-corrected chi connectivity index (χ2v) is 7.86. The summed E-state index contributed by atoms with van der Waals surface area (Å²) in [4.78, 5) is 18.2. The van der Waals surface area contributed by atoms with Crippen molar-refractivity contribution in [1.29, 1.82) is 0 Å². The number of carbonyl (C=O) groups excluding carboxylic acids is 1. The van der Waals surface area contributed by atoms with Crippen LogP contribution in [0.1, 0.15) is 57.9 Å². The summed E-state index contributed by atoms with van der Waals surface area (Å²) in [5, 5.41) is 3.06. The van der Waals surface area contributed by atoms with Crippen molar-refractivity contribution < 1.29 is 18.0 Å². The number of amides is 1. The third kappa shape index (κ3) is 6.26. The number of nitrogens with zero attached hydrogens (tertiary/aromatic N) is 2. The van der Waals surface area contributed by atoms with Gasteiger partial charge >= 0.3 is 6.18 Å². The molecule has 2 heterocycles. The van der Waals surface area contributed by atoms with Crippen LogP contribution >= 0.6 is 11.6 Å². The molecule has 1 aliphatic heterocycles. The molecule has 4 nitrogen and oxygen atoms in total. The van der Waals surface area contributed by atoms with Gasteiger partial charge in [0.25, 0.3) is 0 Å². The summed E-state index contributed by atoms with van der Waals surface area (Å²) in [7, 11) is 0. The van der Waals surface area contributed by atoms with Crippen LogP contribution in [-0.4, -0.2) is 30.5 Å². The monoisotopic (exact) mass is 419 g/mol. The number of pyridine rings is 1. The number of alkyl halides is 3. The maximum absolute atomic E-state index is 12.7. The first-order valence-corrected chi connectivity index (χ1v) is 10.4. The van der Waals surface area contributed by atoms with E-state index in [0.717, 1.165) is 31.5 Å². The van der Waals surface area contributed by atoms with Gasteiger partial charge in [-0.25, -0.2) is 4.98 Å². The number of anilines is 1. The molecule has 1 saturated heterocycles. The second kappa shape index (κ2) is 10.3. The number of rotatable bonds is 8. The number of nitrogens with one attached hydrogen (secondary N) is 1. The lowest BCUT2D eigenvalue weighted by atomic mass is 9.94. The van der Waals surface area contributed by atoms with Crippen LogP contribution in [-0.2, 0) is 11.0 Å². The zero-order valence-electron chi connectivity index (χ0n) is 16.5. The maximum Gasteiger partial charge on any atom is 0.417 e. The molecule has 1 amide bonds. The van der Waals surface area contributed by atoms with E-state index < -0.39 is 11.7 Å². The second-order valence-electron chi connectivity index (χ2n) is 7.45. The van der Waals surface area contributed by atoms with E-state index >= 15 is 0 Å². The van der Waals surface area contributed by atoms with Crippen molar-refractivity contribution in [3.05, 3.63) is 22.8 Å². The van der Waals surface area contributed by atoms with Crippen molar-refractivity contribution in [2.45, 2.75) is 58.5 Å². The largest absolute Gasteiger partial charge is 0.417 e. The molecule has 1 aromatic heterocycles. The number of unbranched alkanes of at least 4 members (excludes halogenated alkanes) is 1. The number of hydrogen-bond acceptors (Lipinski definition) is 3. The molecule has 0 saturated carbocycles. The minimum Gasteiger partial charge on any atom is -0.356 e. The predicted octanol–water partition coefficient (Wildman–Crippen LogP) is 5.30. The molecular weight excluding hydrogens is 391 g/mol. The van der Waals surface area contributed by atoms with Crippen molar-refractivity contribution in [1.82, 2.24) is 10.3 Å². The van der Waals surface area contributed by atoms with E-state index in [-0.39, 0.29) is 16.8 Å². The highest BCUT2D eigenvalue weighted by molar-refractivity contribution is 6.33. The summed E-state index contributed by atoms with van der Waals surface area (Å²) in [6.45, 7) is 6.11. The van der Waals surface area contributed by atoms with Crippen molar-refractivity contribution >= 4 is 23.3 Å². The fourth-order valence-corrected chi connectivity index (χ4v) is 3.79. The van der Waals surface area contributed by atoms with Crippen LogP contribution < -0.4 is 10.2 Å². The van der Waals surface area contributed by atoms with E-state index in [1.54, 1.807) is 0 Å². The Morgan fingerprint density at radius 3 is 2.57 bits per heavy atom. The van der Waals surface area contributed by atoms with E-state index in [9.17, 15) is 18.0 Å². The summed E-state index contributed by atoms with van der Waals surface area (Å²) >= 11 is 6.03. The lowest BCUT2D eigenvalue weighted by Crippen LogP contribution is -2.42. The molecule has 1 N–H and O–H groups in total. The molecule has 1 unspecified atom stereocenters. The highest BCUT2D eigenvalue weighted by atomic mass is 35.5. The highest BCUT2D eigenvalue weighted by Crippen LogP contribution is 2.34. The zero-order chi connectivity index (χ0) is 20.7. The Labute approximate surface area is 169 Å². The summed E-state index contributed by atoms with van der Waals surface area (Å²) in [5.41, 5.74) is -0.857. The topological polar surface area (TPSA) is 45.2 Å². The lowest BCUT2D eigenvalue weighted by molar-refractivity contribution is -0.137. The molecule has 1 aromatic rings. The van der Waals surface area contributed by atoms with E-state index in [1.165, 1.54) is 6.42 Å². The lowest BCUT2D eigenvalue weighted by Gasteiger charge is -2.33. The Kier molecular flexibility index (Phi) is 8.40. The maximum atomic E-state index is 12.7. The van der Waals surface area contributed by atoms with Crippen molar-refractivity contribution in [2.75, 3.05) is 24.5 Å². The molecule has 0 bridgehead atoms. The van der Waals surface area contributed by atoms with E-state index in [2.05, 4.69) is 24.1 Å². The molecule has 0 spiro atoms. The van der Waals surface area contributed by atoms with Crippen LogP contribution in [0.5, 0.6) is 0 Å². The predicted molar refractivity (Wildman–Crippen MR) is 106 cm³/mol. The minimum absolute atomic E-state index is 0.0144. The SMILES string of the molecule is CCCCC(CC)CNC(=O)C1CCN(c2ncc(C(F)(F)F)cc2Cl)CC1. The van der Waals surface area contributed by atoms with Gasteiger partial charge in [0.2, 0.25) is 5.91 Å². The fourth-order valence-electron chi connectivity index (χ4n) is 3.50. The average Bonchev–Trinajstić information content (AvgIpc) is 2.67. The first kappa shape index (κ1) is 22.8. The Hall–Kier alpha value is -1.50. The minimum atomic E-state index is -4.46. The van der Waals surface area contributed by atoms with E-state index in [4.69, 9.17) is 11.6 Å². The van der Waals surface area contributed by atoms with Gasteiger partial charge < -0.3 is 10.2 Å². The Morgan fingerprint density at radius 2 is 2.04 bits per heavy atom.